The summed E-state index contributed by atoms with van der Waals surface area (Å²) in [5.41, 5.74) is 3.90. The van der Waals surface area contributed by atoms with E-state index in [2.05, 4.69) is 5.32 Å². The molecule has 132 valence electrons. The molecule has 2 aromatic carbocycles. The van der Waals surface area contributed by atoms with Crippen molar-refractivity contribution in [1.29, 1.82) is 0 Å². The Morgan fingerprint density at radius 2 is 1.52 bits per heavy atom. The number of rotatable bonds is 6. The molecule has 0 unspecified atom stereocenters. The molecule has 1 N–H and O–H groups in total. The van der Waals surface area contributed by atoms with Crippen molar-refractivity contribution in [3.05, 3.63) is 65.2 Å². The topological polar surface area (TPSA) is 58.6 Å². The molecule has 0 bridgehead atoms. The van der Waals surface area contributed by atoms with E-state index in [1.165, 1.54) is 10.5 Å². The standard InChI is InChI=1S/C20H24N2O3/c1-4-25-19(23)14-22(18-11-7-16(3)8-12-18)20(24)21-13-17-9-5-15(2)6-10-17/h5-12H,4,13-14H2,1-3H3,(H,21,24). The quantitative estimate of drug-likeness (QED) is 0.818. The summed E-state index contributed by atoms with van der Waals surface area (Å²) in [4.78, 5) is 25.9. The van der Waals surface area contributed by atoms with Crippen molar-refractivity contribution < 1.29 is 14.3 Å². The predicted molar refractivity (Wildman–Crippen MR) is 98.6 cm³/mol. The predicted octanol–water partition coefficient (Wildman–Crippen LogP) is 3.58. The molecule has 0 saturated carbocycles. The Morgan fingerprint density at radius 1 is 0.960 bits per heavy atom. The van der Waals surface area contributed by atoms with E-state index >= 15 is 0 Å². The number of nitrogens with zero attached hydrogens (tertiary/aromatic N) is 1. The summed E-state index contributed by atoms with van der Waals surface area (Å²) in [6, 6.07) is 15.0. The monoisotopic (exact) mass is 340 g/mol. The number of amides is 2. The molecule has 0 aliphatic heterocycles. The first-order valence-corrected chi connectivity index (χ1v) is 8.32. The highest BCUT2D eigenvalue weighted by molar-refractivity contribution is 5.96. The van der Waals surface area contributed by atoms with Crippen molar-refractivity contribution in [1.82, 2.24) is 5.32 Å². The van der Waals surface area contributed by atoms with Crippen molar-refractivity contribution in [3.8, 4) is 0 Å². The molecular formula is C20H24N2O3. The lowest BCUT2D eigenvalue weighted by Crippen LogP contribution is -2.43. The van der Waals surface area contributed by atoms with Gasteiger partial charge < -0.3 is 10.1 Å². The van der Waals surface area contributed by atoms with Crippen LogP contribution in [0.25, 0.3) is 0 Å². The molecule has 0 aliphatic rings. The number of hydrogen-bond acceptors (Lipinski definition) is 3. The lowest BCUT2D eigenvalue weighted by Gasteiger charge is -2.22. The summed E-state index contributed by atoms with van der Waals surface area (Å²) in [5, 5.41) is 2.86. The number of benzene rings is 2. The second kappa shape index (κ2) is 8.87. The fourth-order valence-corrected chi connectivity index (χ4v) is 2.32. The lowest BCUT2D eigenvalue weighted by atomic mass is 10.1. The van der Waals surface area contributed by atoms with E-state index in [4.69, 9.17) is 4.74 Å². The van der Waals surface area contributed by atoms with Crippen LogP contribution in [0.4, 0.5) is 10.5 Å². The first-order valence-electron chi connectivity index (χ1n) is 8.32. The smallest absolute Gasteiger partial charge is 0.326 e. The lowest BCUT2D eigenvalue weighted by molar-refractivity contribution is -0.141. The van der Waals surface area contributed by atoms with Crippen molar-refractivity contribution in [2.45, 2.75) is 27.3 Å². The van der Waals surface area contributed by atoms with Crippen LogP contribution < -0.4 is 10.2 Å². The average molecular weight is 340 g/mol. The molecule has 5 nitrogen and oxygen atoms in total. The van der Waals surface area contributed by atoms with E-state index in [9.17, 15) is 9.59 Å². The van der Waals surface area contributed by atoms with E-state index in [0.717, 1.165) is 11.1 Å². The van der Waals surface area contributed by atoms with Gasteiger partial charge in [0, 0.05) is 12.2 Å². The Balaban J connectivity index is 2.09. The van der Waals surface area contributed by atoms with Gasteiger partial charge in [0.15, 0.2) is 0 Å². The first-order chi connectivity index (χ1) is 12.0. The van der Waals surface area contributed by atoms with E-state index in [0.29, 0.717) is 12.2 Å². The van der Waals surface area contributed by atoms with Gasteiger partial charge in [-0.05, 0) is 38.5 Å². The van der Waals surface area contributed by atoms with Crippen molar-refractivity contribution in [2.24, 2.45) is 0 Å². The van der Waals surface area contributed by atoms with Crippen LogP contribution >= 0.6 is 0 Å². The molecule has 25 heavy (non-hydrogen) atoms. The van der Waals surface area contributed by atoms with Crippen LogP contribution in [0.3, 0.4) is 0 Å². The average Bonchev–Trinajstić information content (AvgIpc) is 2.60. The number of aryl methyl sites for hydroxylation is 2. The molecule has 5 heteroatoms. The van der Waals surface area contributed by atoms with Crippen LogP contribution in [0, 0.1) is 13.8 Å². The molecule has 0 aliphatic carbocycles. The minimum absolute atomic E-state index is 0.128. The number of carbonyl (C=O) groups excluding carboxylic acids is 2. The van der Waals surface area contributed by atoms with Gasteiger partial charge in [0.25, 0.3) is 0 Å². The molecule has 0 saturated heterocycles. The van der Waals surface area contributed by atoms with Gasteiger partial charge in [-0.2, -0.15) is 0 Å². The van der Waals surface area contributed by atoms with E-state index in [1.807, 2.05) is 62.4 Å². The van der Waals surface area contributed by atoms with Gasteiger partial charge in [0.05, 0.1) is 6.61 Å². The Labute approximate surface area is 148 Å². The van der Waals surface area contributed by atoms with Crippen LogP contribution in [0.5, 0.6) is 0 Å². The maximum absolute atomic E-state index is 12.6. The highest BCUT2D eigenvalue weighted by Gasteiger charge is 2.19. The van der Waals surface area contributed by atoms with Crippen LogP contribution in [-0.2, 0) is 16.1 Å². The zero-order valence-electron chi connectivity index (χ0n) is 14.9. The van der Waals surface area contributed by atoms with Gasteiger partial charge in [-0.25, -0.2) is 4.79 Å². The minimum atomic E-state index is -0.437. The van der Waals surface area contributed by atoms with E-state index in [-0.39, 0.29) is 19.2 Å². The van der Waals surface area contributed by atoms with Crippen LogP contribution in [0.2, 0.25) is 0 Å². The number of ether oxygens (including phenoxy) is 1. The number of nitrogens with one attached hydrogen (secondary N) is 1. The van der Waals surface area contributed by atoms with E-state index in [1.54, 1.807) is 6.92 Å². The third-order valence-corrected chi connectivity index (χ3v) is 3.75. The Bertz CT molecular complexity index is 709. The summed E-state index contributed by atoms with van der Waals surface area (Å²) in [6.07, 6.45) is 0. The summed E-state index contributed by atoms with van der Waals surface area (Å²) >= 11 is 0. The third-order valence-electron chi connectivity index (χ3n) is 3.75. The number of hydrogen-bond donors (Lipinski definition) is 1. The Hall–Kier alpha value is -2.82. The van der Waals surface area contributed by atoms with Gasteiger partial charge in [0.2, 0.25) is 0 Å². The molecule has 0 fully saturated rings. The van der Waals surface area contributed by atoms with Crippen LogP contribution in [0.1, 0.15) is 23.6 Å². The molecule has 2 rings (SSSR count). The van der Waals surface area contributed by atoms with E-state index < -0.39 is 5.97 Å². The second-order valence-corrected chi connectivity index (χ2v) is 5.87. The number of carbonyl (C=O) groups is 2. The highest BCUT2D eigenvalue weighted by atomic mass is 16.5. The van der Waals surface area contributed by atoms with Crippen molar-refractivity contribution in [2.75, 3.05) is 18.1 Å². The number of urea groups is 1. The number of anilines is 1. The Morgan fingerprint density at radius 3 is 2.08 bits per heavy atom. The number of esters is 1. The molecule has 0 heterocycles. The summed E-state index contributed by atoms with van der Waals surface area (Å²) in [7, 11) is 0. The molecule has 0 aromatic heterocycles. The molecule has 2 amide bonds. The zero-order chi connectivity index (χ0) is 18.2. The largest absolute Gasteiger partial charge is 0.465 e. The summed E-state index contributed by atoms with van der Waals surface area (Å²) in [5.74, 6) is -0.437. The van der Waals surface area contributed by atoms with Gasteiger partial charge >= 0.3 is 12.0 Å². The second-order valence-electron chi connectivity index (χ2n) is 5.87. The molecule has 0 atom stereocenters. The highest BCUT2D eigenvalue weighted by Crippen LogP contribution is 2.15. The van der Waals surface area contributed by atoms with Gasteiger partial charge in [-0.3, -0.25) is 9.69 Å². The maximum atomic E-state index is 12.6. The fourth-order valence-electron chi connectivity index (χ4n) is 2.32. The van der Waals surface area contributed by atoms with Gasteiger partial charge in [-0.1, -0.05) is 47.5 Å². The summed E-state index contributed by atoms with van der Waals surface area (Å²) < 4.78 is 4.98. The molecular weight excluding hydrogens is 316 g/mol. The third kappa shape index (κ3) is 5.64. The minimum Gasteiger partial charge on any atom is -0.465 e. The maximum Gasteiger partial charge on any atom is 0.326 e. The summed E-state index contributed by atoms with van der Waals surface area (Å²) in [6.45, 7) is 6.27. The zero-order valence-corrected chi connectivity index (χ0v) is 14.9. The fraction of sp³-hybridized carbons (Fsp3) is 0.300. The Kier molecular flexibility index (Phi) is 6.57. The molecule has 0 spiro atoms. The van der Waals surface area contributed by atoms with Gasteiger partial charge in [-0.15, -0.1) is 0 Å². The SMILES string of the molecule is CCOC(=O)CN(C(=O)NCc1ccc(C)cc1)c1ccc(C)cc1. The van der Waals surface area contributed by atoms with Crippen LogP contribution in [-0.4, -0.2) is 25.2 Å². The molecule has 0 radical (unpaired) electrons. The van der Waals surface area contributed by atoms with Gasteiger partial charge in [0.1, 0.15) is 6.54 Å². The normalized spacial score (nSPS) is 10.2. The van der Waals surface area contributed by atoms with Crippen molar-refractivity contribution >= 4 is 17.7 Å². The van der Waals surface area contributed by atoms with Crippen molar-refractivity contribution in [3.63, 3.8) is 0 Å². The first kappa shape index (κ1) is 18.5. The molecule has 2 aromatic rings. The van der Waals surface area contributed by atoms with Crippen LogP contribution in [0.15, 0.2) is 48.5 Å².